The Balaban J connectivity index is 2.38. The lowest BCUT2D eigenvalue weighted by atomic mass is 10.0. The number of ether oxygens (including phenoxy) is 1. The fourth-order valence-corrected chi connectivity index (χ4v) is 2.11. The van der Waals surface area contributed by atoms with E-state index in [1.165, 1.54) is 5.39 Å². The van der Waals surface area contributed by atoms with Gasteiger partial charge in [0.25, 0.3) is 0 Å². The molecule has 0 amide bonds. The van der Waals surface area contributed by atoms with E-state index in [1.807, 2.05) is 24.3 Å². The van der Waals surface area contributed by atoms with E-state index in [9.17, 15) is 0 Å². The van der Waals surface area contributed by atoms with Gasteiger partial charge in [0.1, 0.15) is 5.75 Å². The Morgan fingerprint density at radius 1 is 1.00 bits per heavy atom. The second-order valence-electron chi connectivity index (χ2n) is 3.95. The Morgan fingerprint density at radius 3 is 2.67 bits per heavy atom. The quantitative estimate of drug-likeness (QED) is 0.684. The van der Waals surface area contributed by atoms with Crippen molar-refractivity contribution in [1.29, 1.82) is 0 Å². The molecular formula is C15H12N2O. The third kappa shape index (κ3) is 1.70. The molecule has 88 valence electrons. The summed E-state index contributed by atoms with van der Waals surface area (Å²) < 4.78 is 5.44. The van der Waals surface area contributed by atoms with Gasteiger partial charge in [-0.05, 0) is 16.8 Å². The first-order valence-electron chi connectivity index (χ1n) is 5.72. The number of methoxy groups -OCH3 is 1. The van der Waals surface area contributed by atoms with Crippen molar-refractivity contribution in [3.8, 4) is 17.0 Å². The molecule has 0 bridgehead atoms. The number of benzene rings is 2. The van der Waals surface area contributed by atoms with Crippen molar-refractivity contribution in [2.45, 2.75) is 0 Å². The predicted octanol–water partition coefficient (Wildman–Crippen LogP) is 3.31. The predicted molar refractivity (Wildman–Crippen MR) is 71.5 cm³/mol. The molecule has 0 atom stereocenters. The Hall–Kier alpha value is -2.42. The Labute approximate surface area is 105 Å². The van der Waals surface area contributed by atoms with Crippen molar-refractivity contribution in [2.24, 2.45) is 0 Å². The zero-order chi connectivity index (χ0) is 12.4. The van der Waals surface area contributed by atoms with Crippen LogP contribution in [0.25, 0.3) is 22.0 Å². The van der Waals surface area contributed by atoms with E-state index >= 15 is 0 Å². The molecule has 0 spiro atoms. The highest BCUT2D eigenvalue weighted by Crippen LogP contribution is 2.35. The maximum atomic E-state index is 5.44. The van der Waals surface area contributed by atoms with Crippen LogP contribution in [0.15, 0.2) is 55.0 Å². The number of nitrogens with zero attached hydrogens (tertiary/aromatic N) is 2. The summed E-state index contributed by atoms with van der Waals surface area (Å²) in [6, 6.07) is 12.2. The van der Waals surface area contributed by atoms with Crippen LogP contribution in [-0.4, -0.2) is 17.1 Å². The second kappa shape index (κ2) is 4.45. The maximum absolute atomic E-state index is 5.44. The zero-order valence-corrected chi connectivity index (χ0v) is 10.00. The second-order valence-corrected chi connectivity index (χ2v) is 3.95. The average molecular weight is 236 g/mol. The molecule has 0 N–H and O–H groups in total. The largest absolute Gasteiger partial charge is 0.496 e. The van der Waals surface area contributed by atoms with Gasteiger partial charge in [0.15, 0.2) is 0 Å². The molecule has 0 aliphatic heterocycles. The van der Waals surface area contributed by atoms with E-state index in [-0.39, 0.29) is 0 Å². The first-order valence-corrected chi connectivity index (χ1v) is 5.72. The van der Waals surface area contributed by atoms with Crippen LogP contribution >= 0.6 is 0 Å². The summed E-state index contributed by atoms with van der Waals surface area (Å²) in [4.78, 5) is 8.49. The molecule has 0 fully saturated rings. The minimum absolute atomic E-state index is 0.814. The summed E-state index contributed by atoms with van der Waals surface area (Å²) in [5.74, 6) is 0.814. The number of hydrogen-bond acceptors (Lipinski definition) is 3. The van der Waals surface area contributed by atoms with Crippen molar-refractivity contribution < 1.29 is 4.74 Å². The molecule has 18 heavy (non-hydrogen) atoms. The summed E-state index contributed by atoms with van der Waals surface area (Å²) >= 11 is 0. The van der Waals surface area contributed by atoms with Crippen molar-refractivity contribution in [1.82, 2.24) is 9.97 Å². The van der Waals surface area contributed by atoms with Gasteiger partial charge >= 0.3 is 0 Å². The van der Waals surface area contributed by atoms with Gasteiger partial charge in [-0.1, -0.05) is 30.3 Å². The molecular weight excluding hydrogens is 224 g/mol. The van der Waals surface area contributed by atoms with Gasteiger partial charge in [-0.3, -0.25) is 9.97 Å². The Bertz CT molecular complexity index is 680. The van der Waals surface area contributed by atoms with Crippen LogP contribution in [0.2, 0.25) is 0 Å². The van der Waals surface area contributed by atoms with Gasteiger partial charge in [-0.25, -0.2) is 0 Å². The highest BCUT2D eigenvalue weighted by molar-refractivity contribution is 5.98. The topological polar surface area (TPSA) is 35.0 Å². The van der Waals surface area contributed by atoms with Crippen LogP contribution in [-0.2, 0) is 0 Å². The molecule has 0 aliphatic carbocycles. The average Bonchev–Trinajstić information content (AvgIpc) is 2.47. The molecule has 1 aromatic heterocycles. The highest BCUT2D eigenvalue weighted by Gasteiger charge is 2.11. The van der Waals surface area contributed by atoms with Crippen LogP contribution in [0.4, 0.5) is 0 Å². The maximum Gasteiger partial charge on any atom is 0.128 e. The van der Waals surface area contributed by atoms with Crippen molar-refractivity contribution in [2.75, 3.05) is 7.11 Å². The third-order valence-electron chi connectivity index (χ3n) is 2.93. The third-order valence-corrected chi connectivity index (χ3v) is 2.93. The van der Waals surface area contributed by atoms with Gasteiger partial charge in [-0.15, -0.1) is 0 Å². The molecule has 0 radical (unpaired) electrons. The van der Waals surface area contributed by atoms with Gasteiger partial charge in [0.05, 0.1) is 24.6 Å². The summed E-state index contributed by atoms with van der Waals surface area (Å²) in [5, 5.41) is 2.29. The van der Waals surface area contributed by atoms with Crippen LogP contribution in [0.1, 0.15) is 0 Å². The summed E-state index contributed by atoms with van der Waals surface area (Å²) in [7, 11) is 1.67. The molecule has 2 aromatic carbocycles. The van der Waals surface area contributed by atoms with Gasteiger partial charge in [0, 0.05) is 12.4 Å². The molecule has 1 heterocycles. The smallest absolute Gasteiger partial charge is 0.128 e. The first-order chi connectivity index (χ1) is 8.90. The fraction of sp³-hybridized carbons (Fsp3) is 0.0667. The SMILES string of the molecule is COc1ccc2ccccc2c1-c1cnccn1. The molecule has 0 unspecified atom stereocenters. The molecule has 3 nitrogen and oxygen atoms in total. The van der Waals surface area contributed by atoms with Crippen molar-refractivity contribution in [3.05, 3.63) is 55.0 Å². The number of aromatic nitrogens is 2. The molecule has 0 saturated heterocycles. The standard InChI is InChI=1S/C15H12N2O/c1-18-14-7-6-11-4-2-3-5-12(11)15(14)13-10-16-8-9-17-13/h2-10H,1H3. The minimum atomic E-state index is 0.814. The lowest BCUT2D eigenvalue weighted by Gasteiger charge is -2.11. The molecule has 0 aliphatic rings. The number of rotatable bonds is 2. The van der Waals surface area contributed by atoms with E-state index in [1.54, 1.807) is 25.7 Å². The van der Waals surface area contributed by atoms with Gasteiger partial charge < -0.3 is 4.74 Å². The Morgan fingerprint density at radius 2 is 1.89 bits per heavy atom. The van der Waals surface area contributed by atoms with Gasteiger partial charge in [0.2, 0.25) is 0 Å². The van der Waals surface area contributed by atoms with E-state index in [0.717, 1.165) is 22.4 Å². The van der Waals surface area contributed by atoms with Crippen LogP contribution < -0.4 is 4.74 Å². The Kier molecular flexibility index (Phi) is 2.65. The van der Waals surface area contributed by atoms with E-state index in [2.05, 4.69) is 22.1 Å². The zero-order valence-electron chi connectivity index (χ0n) is 10.00. The fourth-order valence-electron chi connectivity index (χ4n) is 2.11. The number of fused-ring (bicyclic) bond motifs is 1. The highest BCUT2D eigenvalue weighted by atomic mass is 16.5. The van der Waals surface area contributed by atoms with E-state index in [0.29, 0.717) is 0 Å². The lowest BCUT2D eigenvalue weighted by molar-refractivity contribution is 0.417. The van der Waals surface area contributed by atoms with Crippen LogP contribution in [0.5, 0.6) is 5.75 Å². The lowest BCUT2D eigenvalue weighted by Crippen LogP contribution is -1.92. The first kappa shape index (κ1) is 10.7. The van der Waals surface area contributed by atoms with Crippen LogP contribution in [0.3, 0.4) is 0 Å². The van der Waals surface area contributed by atoms with Crippen LogP contribution in [0, 0.1) is 0 Å². The monoisotopic (exact) mass is 236 g/mol. The van der Waals surface area contributed by atoms with Crippen molar-refractivity contribution in [3.63, 3.8) is 0 Å². The molecule has 0 saturated carbocycles. The normalized spacial score (nSPS) is 10.5. The number of hydrogen-bond donors (Lipinski definition) is 0. The molecule has 3 heteroatoms. The molecule has 3 rings (SSSR count). The summed E-state index contributed by atoms with van der Waals surface area (Å²) in [6.07, 6.45) is 5.11. The van der Waals surface area contributed by atoms with E-state index in [4.69, 9.17) is 4.74 Å². The summed E-state index contributed by atoms with van der Waals surface area (Å²) in [6.45, 7) is 0. The molecule has 3 aromatic rings. The van der Waals surface area contributed by atoms with Gasteiger partial charge in [-0.2, -0.15) is 0 Å². The van der Waals surface area contributed by atoms with Crippen molar-refractivity contribution >= 4 is 10.8 Å². The van der Waals surface area contributed by atoms with E-state index < -0.39 is 0 Å². The summed E-state index contributed by atoms with van der Waals surface area (Å²) in [5.41, 5.74) is 1.81. The minimum Gasteiger partial charge on any atom is -0.496 e.